The predicted molar refractivity (Wildman–Crippen MR) is 49.1 cm³/mol. The van der Waals surface area contributed by atoms with Crippen LogP contribution in [0.5, 0.6) is 0 Å². The number of carboxylic acid groups (broad SMARTS) is 1. The molecular formula is C6H13N3O4S. The minimum atomic E-state index is -3.86. The number of primary sulfonamides is 1. The topological polar surface area (TPSA) is 113 Å². The van der Waals surface area contributed by atoms with Gasteiger partial charge < -0.3 is 10.4 Å². The lowest BCUT2D eigenvalue weighted by Crippen LogP contribution is -2.50. The number of hydrogen-bond acceptors (Lipinski definition) is 4. The van der Waals surface area contributed by atoms with E-state index in [-0.39, 0.29) is 13.1 Å². The van der Waals surface area contributed by atoms with Gasteiger partial charge in [0.1, 0.15) is 0 Å². The summed E-state index contributed by atoms with van der Waals surface area (Å²) in [5.74, 6) is 0. The van der Waals surface area contributed by atoms with Gasteiger partial charge in [0.15, 0.2) is 5.37 Å². The number of nitrogens with zero attached hydrogens (tertiary/aromatic N) is 1. The first-order valence-electron chi connectivity index (χ1n) is 4.15. The van der Waals surface area contributed by atoms with Crippen LogP contribution in [0, 0.1) is 0 Å². The summed E-state index contributed by atoms with van der Waals surface area (Å²) in [5.41, 5.74) is 0. The van der Waals surface area contributed by atoms with E-state index in [0.29, 0.717) is 13.0 Å². The summed E-state index contributed by atoms with van der Waals surface area (Å²) in [6, 6.07) is 0. The van der Waals surface area contributed by atoms with Crippen molar-refractivity contribution in [2.75, 3.05) is 19.6 Å². The Bertz CT molecular complexity index is 315. The van der Waals surface area contributed by atoms with Crippen molar-refractivity contribution in [1.29, 1.82) is 0 Å². The fourth-order valence-corrected chi connectivity index (χ4v) is 2.27. The molecule has 0 bridgehead atoms. The maximum atomic E-state index is 11.1. The molecule has 0 aromatic carbocycles. The molecule has 0 spiro atoms. The molecule has 1 heterocycles. The summed E-state index contributed by atoms with van der Waals surface area (Å²) in [4.78, 5) is 11.6. The zero-order valence-corrected chi connectivity index (χ0v) is 8.33. The molecule has 0 radical (unpaired) electrons. The molecule has 1 fully saturated rings. The molecule has 1 amide bonds. The van der Waals surface area contributed by atoms with Crippen molar-refractivity contribution in [1.82, 2.24) is 10.2 Å². The van der Waals surface area contributed by atoms with Crippen molar-refractivity contribution >= 4 is 16.1 Å². The summed E-state index contributed by atoms with van der Waals surface area (Å²) in [6.07, 6.45) is -0.675. The van der Waals surface area contributed by atoms with Crippen LogP contribution >= 0.6 is 0 Å². The Morgan fingerprint density at radius 1 is 1.57 bits per heavy atom. The maximum absolute atomic E-state index is 11.1. The van der Waals surface area contributed by atoms with Crippen LogP contribution in [0.2, 0.25) is 0 Å². The molecule has 8 heteroatoms. The Morgan fingerprint density at radius 3 is 2.71 bits per heavy atom. The highest BCUT2D eigenvalue weighted by atomic mass is 32.2. The highest BCUT2D eigenvalue weighted by molar-refractivity contribution is 7.89. The number of sulfonamides is 1. The smallest absolute Gasteiger partial charge is 0.408 e. The molecule has 0 saturated carbocycles. The number of hydrogen-bond donors (Lipinski definition) is 3. The molecule has 1 saturated heterocycles. The number of nitrogens with one attached hydrogen (secondary N) is 1. The number of rotatable bonds is 1. The fourth-order valence-electron chi connectivity index (χ4n) is 1.37. The largest absolute Gasteiger partial charge is 0.465 e. The van der Waals surface area contributed by atoms with Gasteiger partial charge in [0.25, 0.3) is 0 Å². The SMILES string of the molecule is NS(=O)(=O)C1CNCCCN1C(=O)O. The number of nitrogens with two attached hydrogens (primary N) is 1. The lowest BCUT2D eigenvalue weighted by atomic mass is 10.4. The Labute approximate surface area is 81.9 Å². The van der Waals surface area contributed by atoms with E-state index in [1.165, 1.54) is 0 Å². The van der Waals surface area contributed by atoms with Gasteiger partial charge in [-0.05, 0) is 13.0 Å². The van der Waals surface area contributed by atoms with Gasteiger partial charge in [-0.25, -0.2) is 18.4 Å². The van der Waals surface area contributed by atoms with Crippen LogP contribution in [0.4, 0.5) is 4.79 Å². The molecule has 4 N–H and O–H groups in total. The first-order valence-corrected chi connectivity index (χ1v) is 5.76. The zero-order valence-electron chi connectivity index (χ0n) is 7.51. The van der Waals surface area contributed by atoms with Crippen LogP contribution in [0.15, 0.2) is 0 Å². The molecule has 0 aliphatic carbocycles. The van der Waals surface area contributed by atoms with Gasteiger partial charge >= 0.3 is 6.09 Å². The molecule has 1 atom stereocenters. The Hall–Kier alpha value is -0.860. The quantitative estimate of drug-likeness (QED) is 0.504. The standard InChI is InChI=1S/C6H13N3O4S/c7-14(12,13)5-4-8-2-1-3-9(5)6(10)11/h5,8H,1-4H2,(H,10,11)(H2,7,12,13). The molecule has 0 aromatic rings. The third-order valence-corrected chi connectivity index (χ3v) is 3.22. The number of carbonyl (C=O) groups is 1. The Morgan fingerprint density at radius 2 is 2.21 bits per heavy atom. The molecule has 1 aliphatic rings. The van der Waals surface area contributed by atoms with Crippen LogP contribution in [-0.2, 0) is 10.0 Å². The van der Waals surface area contributed by atoms with E-state index in [1.54, 1.807) is 0 Å². The normalized spacial score (nSPS) is 24.4. The fraction of sp³-hybridized carbons (Fsp3) is 0.833. The molecule has 0 aromatic heterocycles. The van der Waals surface area contributed by atoms with Crippen molar-refractivity contribution in [2.45, 2.75) is 11.8 Å². The van der Waals surface area contributed by atoms with Crippen molar-refractivity contribution in [3.8, 4) is 0 Å². The van der Waals surface area contributed by atoms with Crippen LogP contribution in [0.3, 0.4) is 0 Å². The second kappa shape index (κ2) is 4.11. The van der Waals surface area contributed by atoms with Crippen LogP contribution in [0.1, 0.15) is 6.42 Å². The van der Waals surface area contributed by atoms with E-state index in [9.17, 15) is 13.2 Å². The summed E-state index contributed by atoms with van der Waals surface area (Å²) < 4.78 is 22.2. The molecule has 1 aliphatic heterocycles. The minimum Gasteiger partial charge on any atom is -0.465 e. The lowest BCUT2D eigenvalue weighted by Gasteiger charge is -2.24. The molecule has 7 nitrogen and oxygen atoms in total. The first kappa shape index (κ1) is 11.2. The highest BCUT2D eigenvalue weighted by Crippen LogP contribution is 2.08. The summed E-state index contributed by atoms with van der Waals surface area (Å²) in [7, 11) is -3.86. The van der Waals surface area contributed by atoms with E-state index in [1.807, 2.05) is 0 Å². The van der Waals surface area contributed by atoms with E-state index in [0.717, 1.165) is 4.90 Å². The lowest BCUT2D eigenvalue weighted by molar-refractivity contribution is 0.142. The zero-order chi connectivity index (χ0) is 10.8. The van der Waals surface area contributed by atoms with Gasteiger partial charge in [-0.1, -0.05) is 0 Å². The van der Waals surface area contributed by atoms with E-state index >= 15 is 0 Å². The van der Waals surface area contributed by atoms with Gasteiger partial charge in [-0.3, -0.25) is 4.90 Å². The van der Waals surface area contributed by atoms with Crippen molar-refractivity contribution < 1.29 is 18.3 Å². The molecule has 14 heavy (non-hydrogen) atoms. The van der Waals surface area contributed by atoms with Crippen LogP contribution < -0.4 is 10.5 Å². The summed E-state index contributed by atoms with van der Waals surface area (Å²) in [5, 5.41) is 15.4. The van der Waals surface area contributed by atoms with Crippen LogP contribution in [0.25, 0.3) is 0 Å². The predicted octanol–water partition coefficient (Wildman–Crippen LogP) is -1.43. The Balaban J connectivity index is 2.91. The third kappa shape index (κ3) is 2.56. The monoisotopic (exact) mass is 223 g/mol. The molecule has 82 valence electrons. The van der Waals surface area contributed by atoms with E-state index in [4.69, 9.17) is 10.2 Å². The summed E-state index contributed by atoms with van der Waals surface area (Å²) >= 11 is 0. The molecular weight excluding hydrogens is 210 g/mol. The van der Waals surface area contributed by atoms with Gasteiger partial charge in [-0.15, -0.1) is 0 Å². The van der Waals surface area contributed by atoms with Gasteiger partial charge in [0.2, 0.25) is 10.0 Å². The average Bonchev–Trinajstić information content (AvgIpc) is 2.26. The second-order valence-corrected chi connectivity index (χ2v) is 4.80. The van der Waals surface area contributed by atoms with Crippen molar-refractivity contribution in [3.05, 3.63) is 0 Å². The highest BCUT2D eigenvalue weighted by Gasteiger charge is 2.32. The van der Waals surface area contributed by atoms with Crippen LogP contribution in [-0.4, -0.2) is 49.5 Å². The summed E-state index contributed by atoms with van der Waals surface area (Å²) in [6.45, 7) is 0.824. The van der Waals surface area contributed by atoms with Crippen molar-refractivity contribution in [3.63, 3.8) is 0 Å². The van der Waals surface area contributed by atoms with E-state index in [2.05, 4.69) is 5.32 Å². The average molecular weight is 223 g/mol. The molecule has 1 unspecified atom stereocenters. The first-order chi connectivity index (χ1) is 6.43. The maximum Gasteiger partial charge on any atom is 0.408 e. The van der Waals surface area contributed by atoms with Gasteiger partial charge in [0.05, 0.1) is 0 Å². The van der Waals surface area contributed by atoms with Gasteiger partial charge in [-0.2, -0.15) is 0 Å². The number of amides is 1. The second-order valence-electron chi connectivity index (χ2n) is 3.08. The Kier molecular flexibility index (Phi) is 3.29. The minimum absolute atomic E-state index is 0.0468. The van der Waals surface area contributed by atoms with Gasteiger partial charge in [0, 0.05) is 13.1 Å². The molecule has 1 rings (SSSR count). The van der Waals surface area contributed by atoms with Crippen molar-refractivity contribution in [2.24, 2.45) is 5.14 Å². The third-order valence-electron chi connectivity index (χ3n) is 2.04. The van der Waals surface area contributed by atoms with E-state index < -0.39 is 21.5 Å².